The molecule has 0 bridgehead atoms. The molecule has 92 valence electrons. The summed E-state index contributed by atoms with van der Waals surface area (Å²) in [6.45, 7) is 3.92. The Bertz CT molecular complexity index is 240. The van der Waals surface area contributed by atoms with Crippen molar-refractivity contribution in [2.75, 3.05) is 46.1 Å². The monoisotopic (exact) mass is 229 g/mol. The van der Waals surface area contributed by atoms with Crippen molar-refractivity contribution in [3.05, 3.63) is 0 Å². The van der Waals surface area contributed by atoms with Gasteiger partial charge in [-0.05, 0) is 6.42 Å². The van der Waals surface area contributed by atoms with Gasteiger partial charge >= 0.3 is 0 Å². The van der Waals surface area contributed by atoms with Crippen LogP contribution in [0.2, 0.25) is 0 Å². The number of nitrogens with zero attached hydrogens (tertiary/aromatic N) is 1. The summed E-state index contributed by atoms with van der Waals surface area (Å²) < 4.78 is 10.6. The number of carbonyl (C=O) groups excluding carboxylic acids is 1. The molecule has 2 unspecified atom stereocenters. The molecular weight excluding hydrogens is 210 g/mol. The normalized spacial score (nSPS) is 36.4. The highest BCUT2D eigenvalue weighted by Gasteiger charge is 2.38. The molecule has 0 aliphatic carbocycles. The second-order valence-corrected chi connectivity index (χ2v) is 4.66. The minimum absolute atomic E-state index is 0.0196. The van der Waals surface area contributed by atoms with Crippen molar-refractivity contribution in [2.45, 2.75) is 12.5 Å². The summed E-state index contributed by atoms with van der Waals surface area (Å²) >= 11 is 0. The van der Waals surface area contributed by atoms with Crippen LogP contribution in [0.5, 0.6) is 0 Å². The van der Waals surface area contributed by atoms with Crippen molar-refractivity contribution in [2.24, 2.45) is 5.41 Å². The molecule has 2 fully saturated rings. The summed E-state index contributed by atoms with van der Waals surface area (Å²) in [5, 5.41) is 9.25. The standard InChI is InChI=1S/C11H19NO4/c13-5-10-6-15-4-2-12(10)7-11(8-14)1-3-16-9-11/h8,10,13H,1-7,9H2. The number of carbonyl (C=O) groups is 1. The number of aliphatic hydroxyl groups is 1. The second-order valence-electron chi connectivity index (χ2n) is 4.66. The van der Waals surface area contributed by atoms with E-state index in [-0.39, 0.29) is 18.1 Å². The molecule has 2 atom stereocenters. The van der Waals surface area contributed by atoms with Crippen LogP contribution >= 0.6 is 0 Å². The fourth-order valence-corrected chi connectivity index (χ4v) is 2.35. The topological polar surface area (TPSA) is 59.0 Å². The first kappa shape index (κ1) is 12.0. The average molecular weight is 229 g/mol. The van der Waals surface area contributed by atoms with Crippen LogP contribution in [0.25, 0.3) is 0 Å². The fraction of sp³-hybridized carbons (Fsp3) is 0.909. The van der Waals surface area contributed by atoms with Gasteiger partial charge in [0.05, 0.1) is 37.9 Å². The Balaban J connectivity index is 1.97. The summed E-state index contributed by atoms with van der Waals surface area (Å²) in [6, 6.07) is 0.0196. The van der Waals surface area contributed by atoms with Crippen molar-refractivity contribution in [1.82, 2.24) is 4.90 Å². The maximum absolute atomic E-state index is 11.2. The summed E-state index contributed by atoms with van der Waals surface area (Å²) in [6.07, 6.45) is 1.80. The molecule has 2 heterocycles. The fourth-order valence-electron chi connectivity index (χ4n) is 2.35. The molecule has 2 aliphatic heterocycles. The van der Waals surface area contributed by atoms with Gasteiger partial charge in [-0.2, -0.15) is 0 Å². The lowest BCUT2D eigenvalue weighted by atomic mass is 9.88. The van der Waals surface area contributed by atoms with E-state index in [1.165, 1.54) is 0 Å². The number of ether oxygens (including phenoxy) is 2. The number of morpholine rings is 1. The van der Waals surface area contributed by atoms with Crippen molar-refractivity contribution in [3.63, 3.8) is 0 Å². The summed E-state index contributed by atoms with van der Waals surface area (Å²) in [4.78, 5) is 13.3. The predicted molar refractivity (Wildman–Crippen MR) is 57.2 cm³/mol. The van der Waals surface area contributed by atoms with Gasteiger partial charge in [-0.15, -0.1) is 0 Å². The zero-order valence-corrected chi connectivity index (χ0v) is 9.43. The summed E-state index contributed by atoms with van der Waals surface area (Å²) in [5.41, 5.74) is -0.370. The molecule has 0 saturated carbocycles. The lowest BCUT2D eigenvalue weighted by Crippen LogP contribution is -2.52. The Morgan fingerprint density at radius 3 is 2.94 bits per heavy atom. The van der Waals surface area contributed by atoms with Crippen LogP contribution in [-0.2, 0) is 14.3 Å². The van der Waals surface area contributed by atoms with Crippen LogP contribution in [0.1, 0.15) is 6.42 Å². The lowest BCUT2D eigenvalue weighted by Gasteiger charge is -2.38. The minimum Gasteiger partial charge on any atom is -0.395 e. The summed E-state index contributed by atoms with van der Waals surface area (Å²) in [5.74, 6) is 0. The van der Waals surface area contributed by atoms with E-state index in [1.54, 1.807) is 0 Å². The van der Waals surface area contributed by atoms with E-state index in [0.29, 0.717) is 33.0 Å². The van der Waals surface area contributed by atoms with Crippen LogP contribution in [0.3, 0.4) is 0 Å². The Morgan fingerprint density at radius 1 is 1.44 bits per heavy atom. The number of aliphatic hydroxyl groups excluding tert-OH is 1. The molecule has 0 aromatic rings. The van der Waals surface area contributed by atoms with E-state index in [2.05, 4.69) is 4.90 Å². The molecule has 0 aromatic carbocycles. The number of aldehydes is 1. The third-order valence-electron chi connectivity index (χ3n) is 3.46. The molecule has 0 aromatic heterocycles. The molecule has 1 N–H and O–H groups in total. The van der Waals surface area contributed by atoms with Crippen molar-refractivity contribution in [1.29, 1.82) is 0 Å². The Kier molecular flexibility index (Phi) is 3.91. The number of hydrogen-bond acceptors (Lipinski definition) is 5. The maximum atomic E-state index is 11.2. The van der Waals surface area contributed by atoms with E-state index in [1.807, 2.05) is 0 Å². The maximum Gasteiger partial charge on any atom is 0.129 e. The SMILES string of the molecule is O=CC1(CN2CCOCC2CO)CCOC1. The molecule has 5 heteroatoms. The molecule has 2 aliphatic rings. The number of rotatable bonds is 4. The first-order valence-electron chi connectivity index (χ1n) is 5.76. The average Bonchev–Trinajstić information content (AvgIpc) is 2.79. The third-order valence-corrected chi connectivity index (χ3v) is 3.46. The Labute approximate surface area is 95.3 Å². The zero-order chi connectivity index (χ0) is 11.4. The Morgan fingerprint density at radius 2 is 2.31 bits per heavy atom. The quantitative estimate of drug-likeness (QED) is 0.645. The van der Waals surface area contributed by atoms with Gasteiger partial charge in [-0.3, -0.25) is 4.90 Å². The van der Waals surface area contributed by atoms with Gasteiger partial charge < -0.3 is 19.4 Å². The molecule has 0 amide bonds. The molecule has 2 saturated heterocycles. The van der Waals surface area contributed by atoms with Gasteiger partial charge in [0, 0.05) is 19.7 Å². The molecule has 5 nitrogen and oxygen atoms in total. The van der Waals surface area contributed by atoms with Crippen molar-refractivity contribution >= 4 is 6.29 Å². The van der Waals surface area contributed by atoms with Crippen LogP contribution < -0.4 is 0 Å². The van der Waals surface area contributed by atoms with Gasteiger partial charge in [0.1, 0.15) is 6.29 Å². The molecular formula is C11H19NO4. The highest BCUT2D eigenvalue weighted by atomic mass is 16.5. The van der Waals surface area contributed by atoms with Gasteiger partial charge in [-0.25, -0.2) is 0 Å². The smallest absolute Gasteiger partial charge is 0.129 e. The highest BCUT2D eigenvalue weighted by molar-refractivity contribution is 5.60. The van der Waals surface area contributed by atoms with Crippen LogP contribution in [-0.4, -0.2) is 68.5 Å². The molecule has 2 rings (SSSR count). The van der Waals surface area contributed by atoms with Gasteiger partial charge in [-0.1, -0.05) is 0 Å². The van der Waals surface area contributed by atoms with Gasteiger partial charge in [0.15, 0.2) is 0 Å². The van der Waals surface area contributed by atoms with Crippen LogP contribution in [0.4, 0.5) is 0 Å². The first-order chi connectivity index (χ1) is 7.79. The van der Waals surface area contributed by atoms with E-state index in [4.69, 9.17) is 9.47 Å². The van der Waals surface area contributed by atoms with Gasteiger partial charge in [0.2, 0.25) is 0 Å². The zero-order valence-electron chi connectivity index (χ0n) is 9.43. The summed E-state index contributed by atoms with van der Waals surface area (Å²) in [7, 11) is 0. The molecule has 0 radical (unpaired) electrons. The largest absolute Gasteiger partial charge is 0.395 e. The molecule has 0 spiro atoms. The number of hydrogen-bond donors (Lipinski definition) is 1. The lowest BCUT2D eigenvalue weighted by molar-refractivity contribution is -0.119. The predicted octanol–water partition coefficient (Wildman–Crippen LogP) is -0.715. The van der Waals surface area contributed by atoms with Crippen molar-refractivity contribution < 1.29 is 19.4 Å². The molecule has 16 heavy (non-hydrogen) atoms. The highest BCUT2D eigenvalue weighted by Crippen LogP contribution is 2.28. The van der Waals surface area contributed by atoms with E-state index >= 15 is 0 Å². The van der Waals surface area contributed by atoms with Gasteiger partial charge in [0.25, 0.3) is 0 Å². The van der Waals surface area contributed by atoms with E-state index < -0.39 is 0 Å². The minimum atomic E-state index is -0.370. The van der Waals surface area contributed by atoms with Crippen LogP contribution in [0, 0.1) is 5.41 Å². The van der Waals surface area contributed by atoms with E-state index in [0.717, 1.165) is 19.3 Å². The van der Waals surface area contributed by atoms with Crippen molar-refractivity contribution in [3.8, 4) is 0 Å². The first-order valence-corrected chi connectivity index (χ1v) is 5.76. The Hall–Kier alpha value is -0.490. The second kappa shape index (κ2) is 5.23. The van der Waals surface area contributed by atoms with Crippen LogP contribution in [0.15, 0.2) is 0 Å². The van der Waals surface area contributed by atoms with E-state index in [9.17, 15) is 9.90 Å². The third kappa shape index (κ3) is 2.43.